The molecule has 98 valence electrons. The smallest absolute Gasteiger partial charge is 0.255 e. The second kappa shape index (κ2) is 5.38. The van der Waals surface area contributed by atoms with Crippen LogP contribution in [0.4, 0.5) is 5.82 Å². The molecule has 1 saturated carbocycles. The second-order valence-electron chi connectivity index (χ2n) is 5.32. The van der Waals surface area contributed by atoms with Crippen LogP contribution in [0.2, 0.25) is 0 Å². The number of rotatable bonds is 6. The first-order valence-electron chi connectivity index (χ1n) is 6.62. The number of nitrogens with one attached hydrogen (secondary N) is 2. The molecule has 0 spiro atoms. The summed E-state index contributed by atoms with van der Waals surface area (Å²) < 4.78 is 0. The highest BCUT2D eigenvalue weighted by Crippen LogP contribution is 2.44. The maximum absolute atomic E-state index is 12.1. The lowest BCUT2D eigenvalue weighted by Gasteiger charge is -2.12. The van der Waals surface area contributed by atoms with Gasteiger partial charge < -0.3 is 10.6 Å². The Morgan fingerprint density at radius 1 is 1.50 bits per heavy atom. The maximum atomic E-state index is 12.1. The summed E-state index contributed by atoms with van der Waals surface area (Å²) in [5, 5.41) is 6.18. The third kappa shape index (κ3) is 3.22. The average molecular weight is 247 g/mol. The molecule has 4 nitrogen and oxygen atoms in total. The Bertz CT molecular complexity index is 427. The minimum absolute atomic E-state index is 0.0326. The second-order valence-corrected chi connectivity index (χ2v) is 5.32. The van der Waals surface area contributed by atoms with Gasteiger partial charge in [0.25, 0.3) is 5.91 Å². The van der Waals surface area contributed by atoms with Crippen LogP contribution in [0.1, 0.15) is 43.5 Å². The first-order valence-corrected chi connectivity index (χ1v) is 6.62. The van der Waals surface area contributed by atoms with Crippen LogP contribution in [0.3, 0.4) is 0 Å². The number of hydrogen-bond acceptors (Lipinski definition) is 3. The fourth-order valence-corrected chi connectivity index (χ4v) is 1.75. The van der Waals surface area contributed by atoms with E-state index in [2.05, 4.69) is 29.5 Å². The molecule has 1 aromatic heterocycles. The van der Waals surface area contributed by atoms with Gasteiger partial charge in [0.15, 0.2) is 0 Å². The van der Waals surface area contributed by atoms with E-state index in [4.69, 9.17) is 0 Å². The zero-order valence-corrected chi connectivity index (χ0v) is 11.1. The van der Waals surface area contributed by atoms with Gasteiger partial charge in [0, 0.05) is 19.3 Å². The quantitative estimate of drug-likeness (QED) is 0.811. The van der Waals surface area contributed by atoms with Crippen LogP contribution in [-0.2, 0) is 0 Å². The van der Waals surface area contributed by atoms with Crippen LogP contribution in [0.5, 0.6) is 0 Å². The lowest BCUT2D eigenvalue weighted by atomic mass is 10.1. The molecule has 0 bridgehead atoms. The van der Waals surface area contributed by atoms with Crippen molar-refractivity contribution >= 4 is 11.7 Å². The molecule has 1 aliphatic rings. The predicted molar refractivity (Wildman–Crippen MR) is 72.7 cm³/mol. The number of pyridine rings is 1. The van der Waals surface area contributed by atoms with Crippen molar-refractivity contribution in [3.8, 4) is 0 Å². The van der Waals surface area contributed by atoms with Gasteiger partial charge in [-0.2, -0.15) is 0 Å². The molecule has 2 rings (SSSR count). The van der Waals surface area contributed by atoms with E-state index >= 15 is 0 Å². The van der Waals surface area contributed by atoms with Crippen LogP contribution < -0.4 is 10.6 Å². The first-order chi connectivity index (χ1) is 8.64. The molecule has 0 aromatic carbocycles. The molecule has 0 saturated heterocycles. The zero-order chi connectivity index (χ0) is 13.0. The van der Waals surface area contributed by atoms with Gasteiger partial charge in [-0.1, -0.05) is 13.8 Å². The molecular weight excluding hydrogens is 226 g/mol. The van der Waals surface area contributed by atoms with Crippen molar-refractivity contribution in [2.45, 2.75) is 33.1 Å². The fraction of sp³-hybridized carbons (Fsp3) is 0.571. The van der Waals surface area contributed by atoms with Gasteiger partial charge >= 0.3 is 0 Å². The Labute approximate surface area is 108 Å². The number of carbonyl (C=O) groups excluding carboxylic acids is 1. The third-order valence-corrected chi connectivity index (χ3v) is 3.37. The van der Waals surface area contributed by atoms with Crippen LogP contribution in [0.15, 0.2) is 18.3 Å². The molecule has 0 aliphatic heterocycles. The highest BCUT2D eigenvalue weighted by molar-refractivity contribution is 5.98. The zero-order valence-electron chi connectivity index (χ0n) is 11.1. The summed E-state index contributed by atoms with van der Waals surface area (Å²) in [5.41, 5.74) is 0.963. The summed E-state index contributed by atoms with van der Waals surface area (Å²) in [6.07, 6.45) is 5.13. The largest absolute Gasteiger partial charge is 0.369 e. The predicted octanol–water partition coefficient (Wildman–Crippen LogP) is 2.43. The SMILES string of the molecule is CCCNc1ncccc1C(=O)NCC1(C)CC1. The van der Waals surface area contributed by atoms with Crippen LogP contribution in [-0.4, -0.2) is 24.0 Å². The monoisotopic (exact) mass is 247 g/mol. The fourth-order valence-electron chi connectivity index (χ4n) is 1.75. The molecule has 4 heteroatoms. The summed E-state index contributed by atoms with van der Waals surface area (Å²) in [5.74, 6) is 0.646. The molecule has 0 radical (unpaired) electrons. The number of nitrogens with zero attached hydrogens (tertiary/aromatic N) is 1. The number of aromatic nitrogens is 1. The van der Waals surface area contributed by atoms with Crippen molar-refractivity contribution in [1.82, 2.24) is 10.3 Å². The summed E-state index contributed by atoms with van der Waals surface area (Å²) >= 11 is 0. The molecule has 1 aromatic rings. The van der Waals surface area contributed by atoms with E-state index in [9.17, 15) is 4.79 Å². The van der Waals surface area contributed by atoms with Gasteiger partial charge in [-0.3, -0.25) is 4.79 Å². The number of amides is 1. The Balaban J connectivity index is 1.99. The van der Waals surface area contributed by atoms with Gasteiger partial charge in [-0.25, -0.2) is 4.98 Å². The molecule has 1 fully saturated rings. The van der Waals surface area contributed by atoms with E-state index in [0.717, 1.165) is 19.5 Å². The van der Waals surface area contributed by atoms with Crippen LogP contribution >= 0.6 is 0 Å². The standard InChI is InChI=1S/C14H21N3O/c1-3-8-15-12-11(5-4-9-16-12)13(18)17-10-14(2)6-7-14/h4-5,9H,3,6-8,10H2,1-2H3,(H,15,16)(H,17,18). The Morgan fingerprint density at radius 2 is 2.28 bits per heavy atom. The maximum Gasteiger partial charge on any atom is 0.255 e. The van der Waals surface area contributed by atoms with Crippen LogP contribution in [0.25, 0.3) is 0 Å². The lowest BCUT2D eigenvalue weighted by Crippen LogP contribution is -2.29. The van der Waals surface area contributed by atoms with Crippen molar-refractivity contribution in [3.63, 3.8) is 0 Å². The molecule has 0 unspecified atom stereocenters. The minimum atomic E-state index is -0.0326. The molecule has 1 amide bonds. The molecular formula is C14H21N3O. The van der Waals surface area contributed by atoms with Crippen molar-refractivity contribution < 1.29 is 4.79 Å². The van der Waals surface area contributed by atoms with E-state index in [1.165, 1.54) is 12.8 Å². The Hall–Kier alpha value is -1.58. The van der Waals surface area contributed by atoms with Gasteiger partial charge in [-0.15, -0.1) is 0 Å². The topological polar surface area (TPSA) is 54.0 Å². The highest BCUT2D eigenvalue weighted by atomic mass is 16.1. The van der Waals surface area contributed by atoms with Gasteiger partial charge in [0.1, 0.15) is 5.82 Å². The first kappa shape index (κ1) is 12.9. The van der Waals surface area contributed by atoms with E-state index < -0.39 is 0 Å². The normalized spacial score (nSPS) is 16.1. The van der Waals surface area contributed by atoms with Gasteiger partial charge in [0.05, 0.1) is 5.56 Å². The van der Waals surface area contributed by atoms with E-state index in [1.807, 2.05) is 6.07 Å². The highest BCUT2D eigenvalue weighted by Gasteiger charge is 2.37. The summed E-state index contributed by atoms with van der Waals surface area (Å²) in [6.45, 7) is 5.87. The summed E-state index contributed by atoms with van der Waals surface area (Å²) in [6, 6.07) is 3.61. The average Bonchev–Trinajstić information content (AvgIpc) is 3.12. The Morgan fingerprint density at radius 3 is 2.94 bits per heavy atom. The summed E-state index contributed by atoms with van der Waals surface area (Å²) in [4.78, 5) is 16.3. The van der Waals surface area contributed by atoms with E-state index in [1.54, 1.807) is 12.3 Å². The van der Waals surface area contributed by atoms with Crippen molar-refractivity contribution in [3.05, 3.63) is 23.9 Å². The molecule has 18 heavy (non-hydrogen) atoms. The van der Waals surface area contributed by atoms with E-state index in [-0.39, 0.29) is 5.91 Å². The molecule has 1 heterocycles. The van der Waals surface area contributed by atoms with Crippen molar-refractivity contribution in [1.29, 1.82) is 0 Å². The van der Waals surface area contributed by atoms with Gasteiger partial charge in [-0.05, 0) is 36.8 Å². The van der Waals surface area contributed by atoms with Gasteiger partial charge in [0.2, 0.25) is 0 Å². The number of carbonyl (C=O) groups is 1. The summed E-state index contributed by atoms with van der Waals surface area (Å²) in [7, 11) is 0. The van der Waals surface area contributed by atoms with Crippen molar-refractivity contribution in [2.24, 2.45) is 5.41 Å². The minimum Gasteiger partial charge on any atom is -0.369 e. The van der Waals surface area contributed by atoms with Crippen LogP contribution in [0, 0.1) is 5.41 Å². The lowest BCUT2D eigenvalue weighted by molar-refractivity contribution is 0.0946. The Kier molecular flexibility index (Phi) is 3.84. The number of hydrogen-bond donors (Lipinski definition) is 2. The molecule has 1 aliphatic carbocycles. The number of anilines is 1. The third-order valence-electron chi connectivity index (χ3n) is 3.37. The van der Waals surface area contributed by atoms with Crippen molar-refractivity contribution in [2.75, 3.05) is 18.4 Å². The van der Waals surface area contributed by atoms with E-state index in [0.29, 0.717) is 16.8 Å². The molecule has 2 N–H and O–H groups in total. The molecule has 0 atom stereocenters.